The molecule has 2 aromatic carbocycles. The fourth-order valence-corrected chi connectivity index (χ4v) is 3.25. The third kappa shape index (κ3) is 4.00. The predicted octanol–water partition coefficient (Wildman–Crippen LogP) is 3.83. The standard InChI is InChI=1S/C17H13ClN2O2S/c18-12-6-8-13(9-7-12)19-17-20-16(22)15(23-17)10-14(21)11-4-2-1-3-5-11/h1-9,15H,10H2,(H,19,20,22). The monoisotopic (exact) mass is 344 g/mol. The van der Waals surface area contributed by atoms with E-state index < -0.39 is 5.25 Å². The molecule has 1 aliphatic heterocycles. The summed E-state index contributed by atoms with van der Waals surface area (Å²) in [6.45, 7) is 0. The van der Waals surface area contributed by atoms with E-state index >= 15 is 0 Å². The van der Waals surface area contributed by atoms with Gasteiger partial charge in [-0.25, -0.2) is 4.99 Å². The molecule has 0 radical (unpaired) electrons. The zero-order chi connectivity index (χ0) is 16.2. The van der Waals surface area contributed by atoms with Gasteiger partial charge in [0.1, 0.15) is 0 Å². The number of amidine groups is 1. The molecule has 116 valence electrons. The van der Waals surface area contributed by atoms with E-state index in [0.717, 1.165) is 0 Å². The first kappa shape index (κ1) is 15.8. The Kier molecular flexibility index (Phi) is 4.79. The summed E-state index contributed by atoms with van der Waals surface area (Å²) >= 11 is 7.11. The summed E-state index contributed by atoms with van der Waals surface area (Å²) in [7, 11) is 0. The van der Waals surface area contributed by atoms with Crippen molar-refractivity contribution < 1.29 is 9.59 Å². The molecule has 1 fully saturated rings. The van der Waals surface area contributed by atoms with Crippen molar-refractivity contribution in [3.05, 3.63) is 65.2 Å². The number of ketones is 1. The summed E-state index contributed by atoms with van der Waals surface area (Å²) in [6, 6.07) is 16.0. The van der Waals surface area contributed by atoms with Gasteiger partial charge in [0, 0.05) is 17.0 Å². The molecular weight excluding hydrogens is 332 g/mol. The molecule has 1 unspecified atom stereocenters. The van der Waals surface area contributed by atoms with Gasteiger partial charge in [-0.05, 0) is 24.3 Å². The number of carbonyl (C=O) groups excluding carboxylic acids is 2. The van der Waals surface area contributed by atoms with Crippen LogP contribution in [0.25, 0.3) is 0 Å². The zero-order valence-corrected chi connectivity index (χ0v) is 13.6. The first-order chi connectivity index (χ1) is 11.1. The fraction of sp³-hybridized carbons (Fsp3) is 0.118. The molecule has 1 heterocycles. The molecule has 0 aromatic heterocycles. The van der Waals surface area contributed by atoms with E-state index in [9.17, 15) is 9.59 Å². The van der Waals surface area contributed by atoms with Crippen molar-refractivity contribution in [2.75, 3.05) is 0 Å². The predicted molar refractivity (Wildman–Crippen MR) is 93.5 cm³/mol. The molecule has 1 aliphatic rings. The number of hydrogen-bond acceptors (Lipinski definition) is 4. The van der Waals surface area contributed by atoms with Gasteiger partial charge in [0.05, 0.1) is 10.9 Å². The maximum atomic E-state index is 12.2. The Morgan fingerprint density at radius 2 is 1.83 bits per heavy atom. The summed E-state index contributed by atoms with van der Waals surface area (Å²) in [5, 5.41) is 3.39. The number of aliphatic imine (C=N–C) groups is 1. The van der Waals surface area contributed by atoms with E-state index in [1.54, 1.807) is 36.4 Å². The van der Waals surface area contributed by atoms with E-state index in [4.69, 9.17) is 11.6 Å². The minimum atomic E-state index is -0.450. The molecule has 1 amide bonds. The highest BCUT2D eigenvalue weighted by Gasteiger charge is 2.32. The van der Waals surface area contributed by atoms with Crippen LogP contribution in [0.3, 0.4) is 0 Å². The Morgan fingerprint density at radius 1 is 1.13 bits per heavy atom. The van der Waals surface area contributed by atoms with Gasteiger partial charge < -0.3 is 5.32 Å². The van der Waals surface area contributed by atoms with Crippen molar-refractivity contribution >= 4 is 45.9 Å². The molecule has 1 atom stereocenters. The van der Waals surface area contributed by atoms with Crippen molar-refractivity contribution in [3.8, 4) is 0 Å². The summed E-state index contributed by atoms with van der Waals surface area (Å²) in [5.41, 5.74) is 1.32. The van der Waals surface area contributed by atoms with Crippen LogP contribution in [0.1, 0.15) is 16.8 Å². The molecule has 0 bridgehead atoms. The van der Waals surface area contributed by atoms with Crippen LogP contribution in [0.2, 0.25) is 5.02 Å². The normalized spacial score (nSPS) is 18.9. The van der Waals surface area contributed by atoms with Crippen molar-refractivity contribution in [2.45, 2.75) is 11.7 Å². The van der Waals surface area contributed by atoms with Crippen LogP contribution in [0.4, 0.5) is 5.69 Å². The number of carbonyl (C=O) groups is 2. The number of nitrogens with one attached hydrogen (secondary N) is 1. The number of amides is 1. The molecule has 0 spiro atoms. The summed E-state index contributed by atoms with van der Waals surface area (Å²) in [5.74, 6) is -0.238. The smallest absolute Gasteiger partial charge is 0.240 e. The van der Waals surface area contributed by atoms with Crippen LogP contribution in [-0.2, 0) is 4.79 Å². The van der Waals surface area contributed by atoms with E-state index in [2.05, 4.69) is 10.3 Å². The van der Waals surface area contributed by atoms with Gasteiger partial charge in [0.25, 0.3) is 0 Å². The van der Waals surface area contributed by atoms with Crippen LogP contribution in [0.5, 0.6) is 0 Å². The number of hydrogen-bond donors (Lipinski definition) is 1. The molecule has 0 aliphatic carbocycles. The minimum absolute atomic E-state index is 0.0500. The van der Waals surface area contributed by atoms with Gasteiger partial charge in [-0.2, -0.15) is 0 Å². The first-order valence-electron chi connectivity index (χ1n) is 7.02. The Bertz CT molecular complexity index is 760. The Hall–Kier alpha value is -2.11. The lowest BCUT2D eigenvalue weighted by Gasteiger charge is -2.04. The second kappa shape index (κ2) is 6.98. The lowest BCUT2D eigenvalue weighted by atomic mass is 10.1. The van der Waals surface area contributed by atoms with Gasteiger partial charge >= 0.3 is 0 Å². The molecule has 0 saturated carbocycles. The zero-order valence-electron chi connectivity index (χ0n) is 12.0. The Morgan fingerprint density at radius 3 is 2.52 bits per heavy atom. The van der Waals surface area contributed by atoms with Crippen LogP contribution >= 0.6 is 23.4 Å². The Balaban J connectivity index is 1.68. The number of nitrogens with zero attached hydrogens (tertiary/aromatic N) is 1. The largest absolute Gasteiger partial charge is 0.304 e. The second-order valence-corrected chi connectivity index (χ2v) is 6.61. The van der Waals surface area contributed by atoms with Crippen LogP contribution in [0.15, 0.2) is 59.6 Å². The number of benzene rings is 2. The van der Waals surface area contributed by atoms with Crippen molar-refractivity contribution in [2.24, 2.45) is 4.99 Å². The highest BCUT2D eigenvalue weighted by Crippen LogP contribution is 2.26. The average molecular weight is 345 g/mol. The maximum absolute atomic E-state index is 12.2. The van der Waals surface area contributed by atoms with Gasteiger partial charge in [-0.1, -0.05) is 53.7 Å². The quantitative estimate of drug-likeness (QED) is 0.857. The lowest BCUT2D eigenvalue weighted by molar-refractivity contribution is -0.118. The lowest BCUT2D eigenvalue weighted by Crippen LogP contribution is -2.26. The molecular formula is C17H13ClN2O2S. The molecule has 2 aromatic rings. The van der Waals surface area contributed by atoms with E-state index in [-0.39, 0.29) is 18.1 Å². The molecule has 1 saturated heterocycles. The average Bonchev–Trinajstić information content (AvgIpc) is 2.90. The number of rotatable bonds is 4. The van der Waals surface area contributed by atoms with Crippen molar-refractivity contribution in [1.82, 2.24) is 5.32 Å². The summed E-state index contributed by atoms with van der Waals surface area (Å²) in [4.78, 5) is 28.6. The topological polar surface area (TPSA) is 58.5 Å². The van der Waals surface area contributed by atoms with Gasteiger partial charge in [0.2, 0.25) is 5.91 Å². The van der Waals surface area contributed by atoms with Gasteiger partial charge in [-0.3, -0.25) is 9.59 Å². The second-order valence-electron chi connectivity index (χ2n) is 4.98. The number of Topliss-reactive ketones (excluding diaryl/α,β-unsaturated/α-hetero) is 1. The minimum Gasteiger partial charge on any atom is -0.304 e. The molecule has 6 heteroatoms. The van der Waals surface area contributed by atoms with Crippen molar-refractivity contribution in [3.63, 3.8) is 0 Å². The summed E-state index contributed by atoms with van der Waals surface area (Å²) < 4.78 is 0. The van der Waals surface area contributed by atoms with Gasteiger partial charge in [0.15, 0.2) is 11.0 Å². The van der Waals surface area contributed by atoms with Crippen LogP contribution in [-0.4, -0.2) is 22.1 Å². The fourth-order valence-electron chi connectivity index (χ4n) is 2.14. The number of thioether (sulfide) groups is 1. The molecule has 23 heavy (non-hydrogen) atoms. The third-order valence-electron chi connectivity index (χ3n) is 3.30. The SMILES string of the molecule is O=C(CC1SC(=Nc2ccc(Cl)cc2)NC1=O)c1ccccc1. The van der Waals surface area contributed by atoms with E-state index in [1.165, 1.54) is 11.8 Å². The van der Waals surface area contributed by atoms with E-state index in [0.29, 0.717) is 21.4 Å². The first-order valence-corrected chi connectivity index (χ1v) is 8.27. The maximum Gasteiger partial charge on any atom is 0.240 e. The van der Waals surface area contributed by atoms with E-state index in [1.807, 2.05) is 18.2 Å². The highest BCUT2D eigenvalue weighted by molar-refractivity contribution is 8.15. The molecule has 4 nitrogen and oxygen atoms in total. The van der Waals surface area contributed by atoms with Gasteiger partial charge in [-0.15, -0.1) is 0 Å². The number of halogens is 1. The highest BCUT2D eigenvalue weighted by atomic mass is 35.5. The van der Waals surface area contributed by atoms with Crippen molar-refractivity contribution in [1.29, 1.82) is 0 Å². The molecule has 1 N–H and O–H groups in total. The summed E-state index contributed by atoms with van der Waals surface area (Å²) in [6.07, 6.45) is 0.153. The van der Waals surface area contributed by atoms with Crippen LogP contribution in [0, 0.1) is 0 Å². The molecule has 3 rings (SSSR count). The van der Waals surface area contributed by atoms with Crippen LogP contribution < -0.4 is 5.32 Å². The third-order valence-corrected chi connectivity index (χ3v) is 4.63. The Labute approximate surface area is 143 Å².